The molecule has 4 heteroatoms. The Morgan fingerprint density at radius 2 is 2.00 bits per heavy atom. The summed E-state index contributed by atoms with van der Waals surface area (Å²) in [6.45, 7) is 3.49. The van der Waals surface area contributed by atoms with Crippen molar-refractivity contribution in [2.45, 2.75) is 18.9 Å². The van der Waals surface area contributed by atoms with Crippen LogP contribution in [0, 0.1) is 5.92 Å². The molecule has 0 saturated carbocycles. The molecule has 68 valence electrons. The molecule has 3 aliphatic heterocycles. The van der Waals surface area contributed by atoms with Crippen molar-refractivity contribution in [2.24, 2.45) is 5.92 Å². The fraction of sp³-hybridized carbons (Fsp3) is 0.875. The maximum absolute atomic E-state index is 10.1. The van der Waals surface area contributed by atoms with Gasteiger partial charge in [0.05, 0.1) is 0 Å². The van der Waals surface area contributed by atoms with E-state index in [9.17, 15) is 4.79 Å². The summed E-state index contributed by atoms with van der Waals surface area (Å²) in [4.78, 5) is 12.5. The molecule has 2 bridgehead atoms. The first kappa shape index (κ1) is 10.2. The van der Waals surface area contributed by atoms with Crippen molar-refractivity contribution in [3.05, 3.63) is 0 Å². The predicted octanol–water partition coefficient (Wildman–Crippen LogP) is -0.265. The van der Waals surface area contributed by atoms with E-state index in [2.05, 4.69) is 10.2 Å². The van der Waals surface area contributed by atoms with Crippen LogP contribution >= 0.6 is 0 Å². The van der Waals surface area contributed by atoms with Crippen molar-refractivity contribution in [3.63, 3.8) is 0 Å². The summed E-state index contributed by atoms with van der Waals surface area (Å²) < 4.78 is 0. The second-order valence-corrected chi connectivity index (χ2v) is 3.49. The average Bonchev–Trinajstić information content (AvgIpc) is 2.07. The Balaban J connectivity index is 0.000000720. The first-order chi connectivity index (χ1) is 5.40. The number of rotatable bonds is 2. The van der Waals surface area contributed by atoms with Gasteiger partial charge in [0.25, 0.3) is 0 Å². The van der Waals surface area contributed by atoms with Gasteiger partial charge in [0, 0.05) is 33.7 Å². The molecular weight excluding hydrogens is 324 g/mol. The fourth-order valence-corrected chi connectivity index (χ4v) is 2.20. The van der Waals surface area contributed by atoms with E-state index in [1.807, 2.05) is 0 Å². The number of carbonyl (C=O) groups excluding carboxylic acids is 1. The predicted molar refractivity (Wildman–Crippen MR) is 41.8 cm³/mol. The zero-order valence-corrected chi connectivity index (χ0v) is 9.89. The number of hydrogen-bond donors (Lipinski definition) is 1. The van der Waals surface area contributed by atoms with Gasteiger partial charge in [-0.05, 0) is 31.8 Å². The van der Waals surface area contributed by atoms with Gasteiger partial charge in [0.15, 0.2) is 0 Å². The van der Waals surface area contributed by atoms with Crippen molar-refractivity contribution in [1.29, 1.82) is 0 Å². The first-order valence-electron chi connectivity index (χ1n) is 4.25. The zero-order chi connectivity index (χ0) is 7.68. The molecule has 0 spiro atoms. The summed E-state index contributed by atoms with van der Waals surface area (Å²) in [7, 11) is 0. The minimum Gasteiger partial charge on any atom is -0.526 e. The van der Waals surface area contributed by atoms with Crippen LogP contribution in [0.25, 0.3) is 0 Å². The van der Waals surface area contributed by atoms with Crippen LogP contribution in [0.1, 0.15) is 12.8 Å². The molecule has 1 N–H and O–H groups in total. The van der Waals surface area contributed by atoms with E-state index in [4.69, 9.17) is 0 Å². The van der Waals surface area contributed by atoms with Gasteiger partial charge in [-0.3, -0.25) is 0 Å². The number of hydrogen-bond acceptors (Lipinski definition) is 2. The van der Waals surface area contributed by atoms with Crippen molar-refractivity contribution >= 4 is 6.41 Å². The number of nitrogens with zero attached hydrogens (tertiary/aromatic N) is 1. The smallest absolute Gasteiger partial charge is 0.0162 e. The molecule has 1 amide bonds. The van der Waals surface area contributed by atoms with Gasteiger partial charge >= 0.3 is 0 Å². The number of piperidine rings is 3. The molecule has 3 fully saturated rings. The van der Waals surface area contributed by atoms with Gasteiger partial charge in [-0.25, -0.2) is 0 Å². The fourth-order valence-electron chi connectivity index (χ4n) is 2.20. The Morgan fingerprint density at radius 3 is 2.42 bits per heavy atom. The third-order valence-corrected chi connectivity index (χ3v) is 2.90. The molecule has 0 radical (unpaired) electrons. The molecule has 3 aliphatic rings. The Kier molecular flexibility index (Phi) is 3.72. The van der Waals surface area contributed by atoms with Crippen LogP contribution in [0.3, 0.4) is 0 Å². The van der Waals surface area contributed by atoms with Crippen molar-refractivity contribution in [2.75, 3.05) is 19.6 Å². The summed E-state index contributed by atoms with van der Waals surface area (Å²) in [5.74, 6) is 0.724. The van der Waals surface area contributed by atoms with Gasteiger partial charge in [0.1, 0.15) is 0 Å². The second kappa shape index (κ2) is 4.38. The molecule has 0 aromatic heterocycles. The molecule has 3 nitrogen and oxygen atoms in total. The largest absolute Gasteiger partial charge is 0.526 e. The van der Waals surface area contributed by atoms with E-state index in [0.717, 1.165) is 12.5 Å². The van der Waals surface area contributed by atoms with Gasteiger partial charge in [-0.2, -0.15) is 6.41 Å². The van der Waals surface area contributed by atoms with Crippen LogP contribution in [0.15, 0.2) is 0 Å². The van der Waals surface area contributed by atoms with Gasteiger partial charge < -0.3 is 15.0 Å². The average molecular weight is 337 g/mol. The third kappa shape index (κ3) is 1.89. The quantitative estimate of drug-likeness (QED) is 0.556. The minimum absolute atomic E-state index is 0. The Labute approximate surface area is 87.1 Å². The third-order valence-electron chi connectivity index (χ3n) is 2.90. The van der Waals surface area contributed by atoms with Crippen LogP contribution < -0.4 is 5.32 Å². The first-order valence-corrected chi connectivity index (χ1v) is 4.25. The van der Waals surface area contributed by atoms with Crippen LogP contribution in [0.2, 0.25) is 0 Å². The van der Waals surface area contributed by atoms with E-state index in [1.165, 1.54) is 25.9 Å². The molecule has 3 heterocycles. The molecule has 0 aliphatic carbocycles. The van der Waals surface area contributed by atoms with Gasteiger partial charge in [-0.1, -0.05) is 0 Å². The van der Waals surface area contributed by atoms with Crippen LogP contribution in [-0.4, -0.2) is 37.0 Å². The number of amides is 1. The van der Waals surface area contributed by atoms with E-state index >= 15 is 0 Å². The van der Waals surface area contributed by atoms with E-state index in [-0.39, 0.29) is 21.1 Å². The molecule has 0 aromatic carbocycles. The molecular formula is C8H13N2OW-. The minimum atomic E-state index is 0. The van der Waals surface area contributed by atoms with Crippen LogP contribution in [0.5, 0.6) is 0 Å². The summed E-state index contributed by atoms with van der Waals surface area (Å²) in [5.41, 5.74) is 0. The molecule has 3 saturated heterocycles. The Hall–Kier alpha value is 0.118. The monoisotopic (exact) mass is 337 g/mol. The van der Waals surface area contributed by atoms with Crippen LogP contribution in [0.4, 0.5) is 0 Å². The molecule has 0 aromatic rings. The van der Waals surface area contributed by atoms with Crippen molar-refractivity contribution in [1.82, 2.24) is 10.2 Å². The maximum Gasteiger partial charge on any atom is 0.0162 e. The molecule has 1 atom stereocenters. The van der Waals surface area contributed by atoms with Crippen molar-refractivity contribution in [3.8, 4) is 0 Å². The van der Waals surface area contributed by atoms with E-state index < -0.39 is 0 Å². The number of fused-ring (bicyclic) bond motifs is 3. The summed E-state index contributed by atoms with van der Waals surface area (Å²) >= 11 is 0. The van der Waals surface area contributed by atoms with E-state index in [1.54, 1.807) is 6.41 Å². The second-order valence-electron chi connectivity index (χ2n) is 3.49. The summed E-state index contributed by atoms with van der Waals surface area (Å²) in [5, 5.41) is 2.77. The molecule has 0 unspecified atom stereocenters. The standard InChI is InChI=1S/C8H13N2O.W/c11-6-9-8-5-10-3-1-7(8)2-4-10;/h7-8H,1-5H2,(H,9,11);/q-1;/t8-;/m0./s1. The Bertz CT molecular complexity index is 157. The molecule has 12 heavy (non-hydrogen) atoms. The maximum atomic E-state index is 10.1. The SMILES string of the molecule is O=[C-]N[C@H]1CN2CCC1CC2.[W]. The van der Waals surface area contributed by atoms with Gasteiger partial charge in [-0.15, -0.1) is 0 Å². The zero-order valence-electron chi connectivity index (χ0n) is 6.95. The summed E-state index contributed by atoms with van der Waals surface area (Å²) in [6, 6.07) is 0.384. The Morgan fingerprint density at radius 1 is 1.33 bits per heavy atom. The molecule has 3 rings (SSSR count). The normalized spacial score (nSPS) is 38.5. The van der Waals surface area contributed by atoms with Crippen molar-refractivity contribution < 1.29 is 25.9 Å². The van der Waals surface area contributed by atoms with E-state index in [0.29, 0.717) is 6.04 Å². The topological polar surface area (TPSA) is 32.3 Å². The van der Waals surface area contributed by atoms with Crippen LogP contribution in [-0.2, 0) is 25.9 Å². The van der Waals surface area contributed by atoms with Gasteiger partial charge in [0.2, 0.25) is 0 Å². The number of nitrogens with one attached hydrogen (secondary N) is 1. The summed E-state index contributed by atoms with van der Waals surface area (Å²) in [6.07, 6.45) is 4.29.